The van der Waals surface area contributed by atoms with Gasteiger partial charge in [-0.2, -0.15) is 5.10 Å². The SMILES string of the molecule is O=C(Cn1cncn1)NCCOc1ccc(Cl)cc1. The molecule has 2 rings (SSSR count). The van der Waals surface area contributed by atoms with Crippen LogP contribution in [0.5, 0.6) is 5.75 Å². The molecule has 1 heterocycles. The molecule has 1 N–H and O–H groups in total. The average Bonchev–Trinajstić information content (AvgIpc) is 2.89. The van der Waals surface area contributed by atoms with E-state index in [0.29, 0.717) is 18.2 Å². The maximum atomic E-state index is 11.5. The Labute approximate surface area is 115 Å². The fraction of sp³-hybridized carbons (Fsp3) is 0.250. The maximum absolute atomic E-state index is 11.5. The number of hydrogen-bond donors (Lipinski definition) is 1. The third kappa shape index (κ3) is 4.59. The molecule has 0 radical (unpaired) electrons. The van der Waals surface area contributed by atoms with E-state index in [1.54, 1.807) is 24.3 Å². The molecular formula is C12H13ClN4O2. The molecule has 0 aliphatic heterocycles. The first-order chi connectivity index (χ1) is 9.24. The van der Waals surface area contributed by atoms with Gasteiger partial charge in [0.2, 0.25) is 5.91 Å². The molecule has 19 heavy (non-hydrogen) atoms. The third-order valence-corrected chi connectivity index (χ3v) is 2.53. The largest absolute Gasteiger partial charge is 0.492 e. The van der Waals surface area contributed by atoms with Gasteiger partial charge < -0.3 is 10.1 Å². The standard InChI is InChI=1S/C12H13ClN4O2/c13-10-1-3-11(4-2-10)19-6-5-15-12(18)7-17-9-14-8-16-17/h1-4,8-9H,5-7H2,(H,15,18). The molecule has 0 atom stereocenters. The summed E-state index contributed by atoms with van der Waals surface area (Å²) < 4.78 is 6.89. The number of ether oxygens (including phenoxy) is 1. The van der Waals surface area contributed by atoms with Gasteiger partial charge in [0.05, 0.1) is 6.54 Å². The van der Waals surface area contributed by atoms with E-state index < -0.39 is 0 Å². The van der Waals surface area contributed by atoms with Crippen molar-refractivity contribution in [1.29, 1.82) is 0 Å². The predicted octanol–water partition coefficient (Wildman–Crippen LogP) is 1.13. The second kappa shape index (κ2) is 6.75. The van der Waals surface area contributed by atoms with E-state index in [1.807, 2.05) is 0 Å². The Morgan fingerprint density at radius 2 is 2.16 bits per heavy atom. The van der Waals surface area contributed by atoms with Crippen LogP contribution in [0, 0.1) is 0 Å². The molecule has 7 heteroatoms. The van der Waals surface area contributed by atoms with Crippen LogP contribution in [0.25, 0.3) is 0 Å². The van der Waals surface area contributed by atoms with Gasteiger partial charge in [-0.15, -0.1) is 0 Å². The van der Waals surface area contributed by atoms with Crippen LogP contribution in [0.1, 0.15) is 0 Å². The van der Waals surface area contributed by atoms with Crippen molar-refractivity contribution in [2.45, 2.75) is 6.54 Å². The topological polar surface area (TPSA) is 69.0 Å². The minimum atomic E-state index is -0.134. The molecule has 6 nitrogen and oxygen atoms in total. The zero-order valence-electron chi connectivity index (χ0n) is 10.1. The van der Waals surface area contributed by atoms with Gasteiger partial charge in [-0.05, 0) is 24.3 Å². The van der Waals surface area contributed by atoms with Gasteiger partial charge in [0, 0.05) is 5.02 Å². The fourth-order valence-electron chi connectivity index (χ4n) is 1.41. The Kier molecular flexibility index (Phi) is 4.74. The minimum Gasteiger partial charge on any atom is -0.492 e. The van der Waals surface area contributed by atoms with Crippen molar-refractivity contribution >= 4 is 17.5 Å². The van der Waals surface area contributed by atoms with Crippen LogP contribution in [0.4, 0.5) is 0 Å². The first kappa shape index (κ1) is 13.4. The van der Waals surface area contributed by atoms with E-state index >= 15 is 0 Å². The van der Waals surface area contributed by atoms with Gasteiger partial charge >= 0.3 is 0 Å². The summed E-state index contributed by atoms with van der Waals surface area (Å²) in [6.45, 7) is 0.974. The number of rotatable bonds is 6. The summed E-state index contributed by atoms with van der Waals surface area (Å²) in [6.07, 6.45) is 2.88. The van der Waals surface area contributed by atoms with Crippen molar-refractivity contribution in [2.75, 3.05) is 13.2 Å². The molecule has 0 spiro atoms. The number of benzene rings is 1. The molecule has 0 saturated carbocycles. The Hall–Kier alpha value is -2.08. The second-order valence-corrected chi connectivity index (χ2v) is 4.18. The molecule has 0 unspecified atom stereocenters. The van der Waals surface area contributed by atoms with E-state index in [9.17, 15) is 4.79 Å². The van der Waals surface area contributed by atoms with E-state index in [1.165, 1.54) is 17.3 Å². The average molecular weight is 281 g/mol. The summed E-state index contributed by atoms with van der Waals surface area (Å²) in [6, 6.07) is 7.06. The molecule has 1 aromatic carbocycles. The summed E-state index contributed by atoms with van der Waals surface area (Å²) in [5, 5.41) is 7.23. The van der Waals surface area contributed by atoms with Crippen LogP contribution in [0.2, 0.25) is 5.02 Å². The summed E-state index contributed by atoms with van der Waals surface area (Å²) in [5.41, 5.74) is 0. The number of hydrogen-bond acceptors (Lipinski definition) is 4. The lowest BCUT2D eigenvalue weighted by atomic mass is 10.3. The number of nitrogens with zero attached hydrogens (tertiary/aromatic N) is 3. The zero-order chi connectivity index (χ0) is 13.5. The molecule has 0 saturated heterocycles. The van der Waals surface area contributed by atoms with Crippen molar-refractivity contribution in [3.63, 3.8) is 0 Å². The lowest BCUT2D eigenvalue weighted by Gasteiger charge is -2.07. The van der Waals surface area contributed by atoms with E-state index in [4.69, 9.17) is 16.3 Å². The summed E-state index contributed by atoms with van der Waals surface area (Å²) >= 11 is 5.76. The van der Waals surface area contributed by atoms with E-state index in [2.05, 4.69) is 15.4 Å². The molecule has 0 bridgehead atoms. The molecule has 0 fully saturated rings. The molecule has 100 valence electrons. The van der Waals surface area contributed by atoms with Gasteiger partial charge in [-0.1, -0.05) is 11.6 Å². The smallest absolute Gasteiger partial charge is 0.241 e. The van der Waals surface area contributed by atoms with E-state index in [-0.39, 0.29) is 12.5 Å². The van der Waals surface area contributed by atoms with Gasteiger partial charge in [0.1, 0.15) is 31.6 Å². The number of carbonyl (C=O) groups is 1. The quantitative estimate of drug-likeness (QED) is 0.805. The summed E-state index contributed by atoms with van der Waals surface area (Å²) in [4.78, 5) is 15.2. The predicted molar refractivity (Wildman–Crippen MR) is 70.0 cm³/mol. The highest BCUT2D eigenvalue weighted by atomic mass is 35.5. The number of nitrogens with one attached hydrogen (secondary N) is 1. The lowest BCUT2D eigenvalue weighted by Crippen LogP contribution is -2.31. The molecule has 0 aliphatic carbocycles. The summed E-state index contributed by atoms with van der Waals surface area (Å²) in [7, 11) is 0. The Bertz CT molecular complexity index is 513. The van der Waals surface area contributed by atoms with Crippen LogP contribution in [-0.4, -0.2) is 33.8 Å². The second-order valence-electron chi connectivity index (χ2n) is 3.75. The number of halogens is 1. The van der Waals surface area contributed by atoms with Crippen LogP contribution < -0.4 is 10.1 Å². The van der Waals surface area contributed by atoms with Crippen LogP contribution in [-0.2, 0) is 11.3 Å². The lowest BCUT2D eigenvalue weighted by molar-refractivity contribution is -0.121. The summed E-state index contributed by atoms with van der Waals surface area (Å²) in [5.74, 6) is 0.583. The maximum Gasteiger partial charge on any atom is 0.241 e. The monoisotopic (exact) mass is 280 g/mol. The Morgan fingerprint density at radius 3 is 2.84 bits per heavy atom. The normalized spacial score (nSPS) is 10.2. The van der Waals surface area contributed by atoms with Gasteiger partial charge in [0.25, 0.3) is 0 Å². The van der Waals surface area contributed by atoms with Crippen molar-refractivity contribution in [3.8, 4) is 5.75 Å². The molecule has 1 aromatic heterocycles. The van der Waals surface area contributed by atoms with Crippen LogP contribution in [0.3, 0.4) is 0 Å². The zero-order valence-corrected chi connectivity index (χ0v) is 10.9. The number of amides is 1. The van der Waals surface area contributed by atoms with E-state index in [0.717, 1.165) is 5.75 Å². The van der Waals surface area contributed by atoms with Crippen molar-refractivity contribution in [2.24, 2.45) is 0 Å². The molecule has 2 aromatic rings. The molecular weight excluding hydrogens is 268 g/mol. The first-order valence-corrected chi connectivity index (χ1v) is 6.09. The fourth-order valence-corrected chi connectivity index (χ4v) is 1.53. The van der Waals surface area contributed by atoms with Crippen LogP contribution >= 0.6 is 11.6 Å². The Morgan fingerprint density at radius 1 is 1.37 bits per heavy atom. The first-order valence-electron chi connectivity index (χ1n) is 5.71. The van der Waals surface area contributed by atoms with Gasteiger partial charge in [-0.3, -0.25) is 4.79 Å². The van der Waals surface area contributed by atoms with Crippen molar-refractivity contribution in [3.05, 3.63) is 41.9 Å². The van der Waals surface area contributed by atoms with Crippen molar-refractivity contribution < 1.29 is 9.53 Å². The third-order valence-electron chi connectivity index (χ3n) is 2.28. The number of carbonyl (C=O) groups excluding carboxylic acids is 1. The highest BCUT2D eigenvalue weighted by molar-refractivity contribution is 6.30. The highest BCUT2D eigenvalue weighted by Crippen LogP contribution is 2.14. The van der Waals surface area contributed by atoms with Gasteiger partial charge in [0.15, 0.2) is 0 Å². The van der Waals surface area contributed by atoms with Crippen LogP contribution in [0.15, 0.2) is 36.9 Å². The number of aromatic nitrogens is 3. The minimum absolute atomic E-state index is 0.134. The Balaban J connectivity index is 1.64. The van der Waals surface area contributed by atoms with Crippen molar-refractivity contribution in [1.82, 2.24) is 20.1 Å². The van der Waals surface area contributed by atoms with Gasteiger partial charge in [-0.25, -0.2) is 9.67 Å². The molecule has 1 amide bonds. The molecule has 0 aliphatic rings. The highest BCUT2D eigenvalue weighted by Gasteiger charge is 2.02.